The number of nitro groups is 1. The van der Waals surface area contributed by atoms with Crippen LogP contribution in [0.2, 0.25) is 0 Å². The molecule has 0 bridgehead atoms. The van der Waals surface area contributed by atoms with Crippen LogP contribution in [0.1, 0.15) is 15.4 Å². The Labute approximate surface area is 124 Å². The lowest BCUT2D eigenvalue weighted by atomic mass is 10.1. The van der Waals surface area contributed by atoms with E-state index in [1.54, 1.807) is 19.2 Å². The van der Waals surface area contributed by atoms with E-state index in [1.807, 2.05) is 0 Å². The van der Waals surface area contributed by atoms with Crippen molar-refractivity contribution in [2.45, 2.75) is 6.42 Å². The number of nitro benzene ring substituents is 1. The summed E-state index contributed by atoms with van der Waals surface area (Å²) in [4.78, 5) is 21.9. The van der Waals surface area contributed by atoms with Gasteiger partial charge in [0.25, 0.3) is 11.6 Å². The van der Waals surface area contributed by atoms with Crippen LogP contribution in [0.3, 0.4) is 0 Å². The normalized spacial score (nSPS) is 10.1. The first-order chi connectivity index (χ1) is 10.1. The molecule has 1 aromatic carbocycles. The number of benzene rings is 1. The predicted molar refractivity (Wildman–Crippen MR) is 78.6 cm³/mol. The first-order valence-corrected chi connectivity index (χ1v) is 6.94. The summed E-state index contributed by atoms with van der Waals surface area (Å²) in [5.41, 5.74) is 0.963. The molecule has 1 aromatic heterocycles. The molecular formula is C12H13N5O3S. The highest BCUT2D eigenvalue weighted by Gasteiger charge is 2.11. The Kier molecular flexibility index (Phi) is 4.77. The molecule has 110 valence electrons. The Morgan fingerprint density at radius 2 is 2.05 bits per heavy atom. The molecule has 0 radical (unpaired) electrons. The van der Waals surface area contributed by atoms with E-state index in [-0.39, 0.29) is 11.6 Å². The maximum absolute atomic E-state index is 11.8. The van der Waals surface area contributed by atoms with Crippen molar-refractivity contribution in [2.75, 3.05) is 18.9 Å². The molecule has 0 atom stereocenters. The number of nitrogens with zero attached hydrogens (tertiary/aromatic N) is 3. The van der Waals surface area contributed by atoms with Crippen molar-refractivity contribution in [3.05, 3.63) is 45.0 Å². The molecule has 21 heavy (non-hydrogen) atoms. The summed E-state index contributed by atoms with van der Waals surface area (Å²) in [6, 6.07) is 6.24. The number of nitrogens with one attached hydrogen (secondary N) is 2. The minimum Gasteiger partial charge on any atom is -0.363 e. The summed E-state index contributed by atoms with van der Waals surface area (Å²) in [5, 5.41) is 24.5. The Hall–Kier alpha value is -2.55. The number of anilines is 1. The molecule has 0 unspecified atom stereocenters. The van der Waals surface area contributed by atoms with Crippen molar-refractivity contribution in [3.63, 3.8) is 0 Å². The van der Waals surface area contributed by atoms with Crippen LogP contribution in [0, 0.1) is 10.1 Å². The molecule has 2 N–H and O–H groups in total. The van der Waals surface area contributed by atoms with Gasteiger partial charge in [0.2, 0.25) is 10.1 Å². The molecule has 9 heteroatoms. The first-order valence-electron chi connectivity index (χ1n) is 6.13. The van der Waals surface area contributed by atoms with Crippen molar-refractivity contribution in [2.24, 2.45) is 0 Å². The van der Waals surface area contributed by atoms with Gasteiger partial charge >= 0.3 is 0 Å². The fraction of sp³-hybridized carbons (Fsp3) is 0.250. The van der Waals surface area contributed by atoms with Gasteiger partial charge in [-0.3, -0.25) is 14.9 Å². The molecular weight excluding hydrogens is 294 g/mol. The average molecular weight is 307 g/mol. The van der Waals surface area contributed by atoms with Gasteiger partial charge in [-0.15, -0.1) is 10.2 Å². The number of hydrogen-bond donors (Lipinski definition) is 2. The zero-order chi connectivity index (χ0) is 15.2. The second-order valence-corrected chi connectivity index (χ2v) is 5.07. The minimum atomic E-state index is -0.444. The lowest BCUT2D eigenvalue weighted by molar-refractivity contribution is -0.384. The van der Waals surface area contributed by atoms with Crippen LogP contribution >= 0.6 is 11.3 Å². The van der Waals surface area contributed by atoms with Gasteiger partial charge in [-0.2, -0.15) is 0 Å². The van der Waals surface area contributed by atoms with Crippen molar-refractivity contribution in [1.82, 2.24) is 15.5 Å². The van der Waals surface area contributed by atoms with Crippen molar-refractivity contribution in [3.8, 4) is 0 Å². The van der Waals surface area contributed by atoms with Gasteiger partial charge in [-0.1, -0.05) is 23.5 Å². The summed E-state index contributed by atoms with van der Waals surface area (Å²) in [7, 11) is 1.71. The van der Waals surface area contributed by atoms with Crippen molar-refractivity contribution < 1.29 is 9.72 Å². The average Bonchev–Trinajstić information content (AvgIpc) is 2.96. The maximum atomic E-state index is 11.8. The van der Waals surface area contributed by atoms with E-state index in [0.29, 0.717) is 23.1 Å². The third-order valence-electron chi connectivity index (χ3n) is 2.68. The number of aromatic nitrogens is 2. The van der Waals surface area contributed by atoms with Gasteiger partial charge in [0.15, 0.2) is 0 Å². The number of carbonyl (C=O) groups is 1. The lowest BCUT2D eigenvalue weighted by Gasteiger charge is -2.03. The molecule has 0 aliphatic carbocycles. The standard InChI is InChI=1S/C12H13N5O3S/c1-13-12-16-15-11(21-12)10(18)14-7-6-8-2-4-9(5-3-8)17(19)20/h2-5H,6-7H2,1H3,(H,13,16)(H,14,18). The van der Waals surface area contributed by atoms with Gasteiger partial charge in [0, 0.05) is 25.7 Å². The Balaban J connectivity index is 1.83. The molecule has 1 amide bonds. The van der Waals surface area contributed by atoms with Gasteiger partial charge in [0.05, 0.1) is 4.92 Å². The van der Waals surface area contributed by atoms with Crippen LogP contribution in [0.4, 0.5) is 10.8 Å². The number of hydrogen-bond acceptors (Lipinski definition) is 7. The second-order valence-electron chi connectivity index (χ2n) is 4.09. The monoisotopic (exact) mass is 307 g/mol. The van der Waals surface area contributed by atoms with Crippen LogP contribution in [0.25, 0.3) is 0 Å². The quantitative estimate of drug-likeness (QED) is 0.617. The molecule has 0 aliphatic heterocycles. The van der Waals surface area contributed by atoms with E-state index in [9.17, 15) is 14.9 Å². The van der Waals surface area contributed by atoms with Crippen LogP contribution in [-0.2, 0) is 6.42 Å². The molecule has 0 aliphatic rings. The van der Waals surface area contributed by atoms with Crippen LogP contribution in [-0.4, -0.2) is 34.6 Å². The largest absolute Gasteiger partial charge is 0.363 e. The minimum absolute atomic E-state index is 0.0521. The van der Waals surface area contributed by atoms with E-state index in [4.69, 9.17) is 0 Å². The van der Waals surface area contributed by atoms with E-state index in [1.165, 1.54) is 23.5 Å². The number of non-ortho nitro benzene ring substituents is 1. The van der Waals surface area contributed by atoms with Gasteiger partial charge in [-0.25, -0.2) is 0 Å². The first kappa shape index (κ1) is 14.9. The van der Waals surface area contributed by atoms with Crippen molar-refractivity contribution >= 4 is 28.1 Å². The molecule has 2 aromatic rings. The smallest absolute Gasteiger partial charge is 0.282 e. The zero-order valence-corrected chi connectivity index (χ0v) is 12.0. The summed E-state index contributed by atoms with van der Waals surface area (Å²) < 4.78 is 0. The molecule has 0 spiro atoms. The number of rotatable bonds is 6. The Bertz CT molecular complexity index is 641. The molecule has 2 rings (SSSR count). The van der Waals surface area contributed by atoms with E-state index in [0.717, 1.165) is 5.56 Å². The maximum Gasteiger partial charge on any atom is 0.282 e. The van der Waals surface area contributed by atoms with Gasteiger partial charge < -0.3 is 10.6 Å². The Morgan fingerprint density at radius 1 is 1.33 bits per heavy atom. The fourth-order valence-electron chi connectivity index (χ4n) is 1.60. The van der Waals surface area contributed by atoms with Crippen LogP contribution in [0.15, 0.2) is 24.3 Å². The highest BCUT2D eigenvalue weighted by molar-refractivity contribution is 7.17. The SMILES string of the molecule is CNc1nnc(C(=O)NCCc2ccc([N+](=O)[O-])cc2)s1. The predicted octanol–water partition coefficient (Wildman–Crippen LogP) is 1.46. The zero-order valence-electron chi connectivity index (χ0n) is 11.2. The van der Waals surface area contributed by atoms with E-state index < -0.39 is 4.92 Å². The Morgan fingerprint density at radius 3 is 2.62 bits per heavy atom. The van der Waals surface area contributed by atoms with E-state index in [2.05, 4.69) is 20.8 Å². The highest BCUT2D eigenvalue weighted by atomic mass is 32.1. The fourth-order valence-corrected chi connectivity index (χ4v) is 2.21. The lowest BCUT2D eigenvalue weighted by Crippen LogP contribution is -2.25. The molecule has 0 saturated heterocycles. The second kappa shape index (κ2) is 6.75. The summed E-state index contributed by atoms with van der Waals surface area (Å²) in [5.74, 6) is -0.282. The van der Waals surface area contributed by atoms with Crippen molar-refractivity contribution in [1.29, 1.82) is 0 Å². The van der Waals surface area contributed by atoms with Crippen LogP contribution in [0.5, 0.6) is 0 Å². The summed E-state index contributed by atoms with van der Waals surface area (Å²) in [6.07, 6.45) is 0.585. The number of amides is 1. The van der Waals surface area contributed by atoms with E-state index >= 15 is 0 Å². The summed E-state index contributed by atoms with van der Waals surface area (Å²) >= 11 is 1.17. The highest BCUT2D eigenvalue weighted by Crippen LogP contribution is 2.14. The summed E-state index contributed by atoms with van der Waals surface area (Å²) in [6.45, 7) is 0.422. The molecule has 0 saturated carbocycles. The van der Waals surface area contributed by atoms with Gasteiger partial charge in [-0.05, 0) is 12.0 Å². The molecule has 0 fully saturated rings. The van der Waals surface area contributed by atoms with Crippen LogP contribution < -0.4 is 10.6 Å². The third-order valence-corrected chi connectivity index (χ3v) is 3.62. The number of carbonyl (C=O) groups excluding carboxylic acids is 1. The third kappa shape index (κ3) is 3.96. The molecule has 1 heterocycles. The topological polar surface area (TPSA) is 110 Å². The van der Waals surface area contributed by atoms with Gasteiger partial charge in [0.1, 0.15) is 0 Å². The molecule has 8 nitrogen and oxygen atoms in total.